The highest BCUT2D eigenvalue weighted by molar-refractivity contribution is 4.81. The zero-order valence-electron chi connectivity index (χ0n) is 9.05. The van der Waals surface area contributed by atoms with Gasteiger partial charge in [-0.3, -0.25) is 0 Å². The summed E-state index contributed by atoms with van der Waals surface area (Å²) in [6, 6.07) is 0. The van der Waals surface area contributed by atoms with Crippen molar-refractivity contribution in [3.63, 3.8) is 0 Å². The second-order valence-electron chi connectivity index (χ2n) is 5.29. The van der Waals surface area contributed by atoms with Gasteiger partial charge in [0.1, 0.15) is 0 Å². The Morgan fingerprint density at radius 1 is 1.00 bits per heavy atom. The van der Waals surface area contributed by atoms with Gasteiger partial charge in [0, 0.05) is 0 Å². The Labute approximate surface area is 76.5 Å². The summed E-state index contributed by atoms with van der Waals surface area (Å²) >= 11 is 0. The van der Waals surface area contributed by atoms with E-state index in [0.29, 0.717) is 17.6 Å². The normalized spacial score (nSPS) is 38.2. The molecule has 0 radical (unpaired) electrons. The van der Waals surface area contributed by atoms with Crippen molar-refractivity contribution in [2.45, 2.75) is 59.7 Å². The van der Waals surface area contributed by atoms with E-state index in [-0.39, 0.29) is 0 Å². The highest BCUT2D eigenvalue weighted by Gasteiger charge is 2.32. The van der Waals surface area contributed by atoms with Crippen LogP contribution >= 0.6 is 0 Å². The van der Waals surface area contributed by atoms with E-state index in [2.05, 4.69) is 34.6 Å². The Morgan fingerprint density at radius 2 is 1.42 bits per heavy atom. The van der Waals surface area contributed by atoms with E-state index >= 15 is 0 Å². The smallest absolute Gasteiger partial charge is 0.0553 e. The molecule has 72 valence electrons. The van der Waals surface area contributed by atoms with Crippen molar-refractivity contribution in [1.82, 2.24) is 0 Å². The maximum atomic E-state index is 5.71. The largest absolute Gasteiger partial charge is 0.376 e. The zero-order valence-corrected chi connectivity index (χ0v) is 9.05. The molecule has 0 N–H and O–H groups in total. The van der Waals surface area contributed by atoms with Gasteiger partial charge in [-0.05, 0) is 38.0 Å². The molecule has 1 saturated heterocycles. The van der Waals surface area contributed by atoms with E-state index in [4.69, 9.17) is 4.74 Å². The summed E-state index contributed by atoms with van der Waals surface area (Å²) < 4.78 is 5.71. The van der Waals surface area contributed by atoms with Gasteiger partial charge < -0.3 is 4.74 Å². The van der Waals surface area contributed by atoms with E-state index in [1.165, 1.54) is 12.8 Å². The molecule has 1 aliphatic rings. The molecule has 1 heterocycles. The molecule has 0 unspecified atom stereocenters. The van der Waals surface area contributed by atoms with E-state index in [9.17, 15) is 0 Å². The van der Waals surface area contributed by atoms with Gasteiger partial charge in [-0.2, -0.15) is 0 Å². The molecule has 1 rings (SSSR count). The van der Waals surface area contributed by atoms with Gasteiger partial charge in [0.2, 0.25) is 0 Å². The summed E-state index contributed by atoms with van der Waals surface area (Å²) in [7, 11) is 0. The highest BCUT2D eigenvalue weighted by Crippen LogP contribution is 2.37. The first-order valence-electron chi connectivity index (χ1n) is 5.05. The lowest BCUT2D eigenvalue weighted by Gasteiger charge is -2.39. The Kier molecular flexibility index (Phi) is 2.82. The summed E-state index contributed by atoms with van der Waals surface area (Å²) in [6.45, 7) is 11.4. The topological polar surface area (TPSA) is 9.23 Å². The summed E-state index contributed by atoms with van der Waals surface area (Å²) in [4.78, 5) is 0. The summed E-state index contributed by atoms with van der Waals surface area (Å²) in [6.07, 6.45) is 3.37. The Hall–Kier alpha value is -0.0400. The van der Waals surface area contributed by atoms with Crippen LogP contribution in [0.3, 0.4) is 0 Å². The summed E-state index contributed by atoms with van der Waals surface area (Å²) in [5.74, 6) is 0.830. The second-order valence-corrected chi connectivity index (χ2v) is 5.29. The van der Waals surface area contributed by atoms with Crippen molar-refractivity contribution in [3.05, 3.63) is 0 Å². The molecule has 0 aromatic carbocycles. The van der Waals surface area contributed by atoms with Crippen molar-refractivity contribution in [2.24, 2.45) is 11.3 Å². The van der Waals surface area contributed by atoms with Crippen molar-refractivity contribution < 1.29 is 4.74 Å². The maximum Gasteiger partial charge on any atom is 0.0553 e. The lowest BCUT2D eigenvalue weighted by molar-refractivity contribution is -0.0734. The van der Waals surface area contributed by atoms with Crippen LogP contribution in [0.4, 0.5) is 0 Å². The lowest BCUT2D eigenvalue weighted by Crippen LogP contribution is -2.35. The zero-order chi connectivity index (χ0) is 9.35. The van der Waals surface area contributed by atoms with Gasteiger partial charge >= 0.3 is 0 Å². The van der Waals surface area contributed by atoms with Gasteiger partial charge in [0.05, 0.1) is 12.2 Å². The number of hydrogen-bond acceptors (Lipinski definition) is 1. The third-order valence-corrected chi connectivity index (χ3v) is 2.92. The molecule has 1 fully saturated rings. The van der Waals surface area contributed by atoms with E-state index in [1.807, 2.05) is 0 Å². The molecule has 0 aromatic rings. The SMILES string of the molecule is C[C@@H]1CC(C(C)(C)C)C[C@@H](C)O1. The van der Waals surface area contributed by atoms with Crippen LogP contribution in [-0.2, 0) is 4.74 Å². The van der Waals surface area contributed by atoms with Crippen molar-refractivity contribution >= 4 is 0 Å². The number of rotatable bonds is 0. The Balaban J connectivity index is 2.55. The van der Waals surface area contributed by atoms with Gasteiger partial charge in [-0.15, -0.1) is 0 Å². The maximum absolute atomic E-state index is 5.71. The van der Waals surface area contributed by atoms with Crippen molar-refractivity contribution in [1.29, 1.82) is 0 Å². The number of ether oxygens (including phenoxy) is 1. The minimum absolute atomic E-state index is 0.451. The van der Waals surface area contributed by atoms with E-state index in [1.54, 1.807) is 0 Å². The monoisotopic (exact) mass is 170 g/mol. The van der Waals surface area contributed by atoms with Crippen LogP contribution in [0.25, 0.3) is 0 Å². The average Bonchev–Trinajstić information content (AvgIpc) is 1.82. The summed E-state index contributed by atoms with van der Waals surface area (Å²) in [5, 5.41) is 0. The molecule has 0 saturated carbocycles. The molecule has 1 heteroatoms. The third kappa shape index (κ3) is 2.48. The van der Waals surface area contributed by atoms with Crippen LogP contribution in [0.2, 0.25) is 0 Å². The predicted molar refractivity (Wildman–Crippen MR) is 52.2 cm³/mol. The van der Waals surface area contributed by atoms with Gasteiger partial charge in [-0.1, -0.05) is 20.8 Å². The summed E-state index contributed by atoms with van der Waals surface area (Å²) in [5.41, 5.74) is 0.451. The minimum atomic E-state index is 0.451. The second kappa shape index (κ2) is 3.37. The average molecular weight is 170 g/mol. The van der Waals surface area contributed by atoms with Gasteiger partial charge in [-0.25, -0.2) is 0 Å². The van der Waals surface area contributed by atoms with Crippen LogP contribution in [0.5, 0.6) is 0 Å². The van der Waals surface area contributed by atoms with Crippen LogP contribution < -0.4 is 0 Å². The quantitative estimate of drug-likeness (QED) is 0.542. The molecule has 0 amide bonds. The van der Waals surface area contributed by atoms with Crippen molar-refractivity contribution in [3.8, 4) is 0 Å². The lowest BCUT2D eigenvalue weighted by atomic mass is 9.74. The fourth-order valence-corrected chi connectivity index (χ4v) is 2.11. The predicted octanol–water partition coefficient (Wildman–Crippen LogP) is 3.24. The molecular formula is C11H22O. The molecule has 0 aliphatic carbocycles. The first-order chi connectivity index (χ1) is 5.39. The Morgan fingerprint density at radius 3 is 1.75 bits per heavy atom. The van der Waals surface area contributed by atoms with E-state index < -0.39 is 0 Å². The van der Waals surface area contributed by atoms with E-state index in [0.717, 1.165) is 5.92 Å². The molecule has 0 bridgehead atoms. The standard InChI is InChI=1S/C11H22O/c1-8-6-10(11(3,4)5)7-9(2)12-8/h8-10H,6-7H2,1-5H3/t8-,9-/m1/s1. The fraction of sp³-hybridized carbons (Fsp3) is 1.00. The van der Waals surface area contributed by atoms with Crippen LogP contribution in [-0.4, -0.2) is 12.2 Å². The Bertz CT molecular complexity index is 136. The van der Waals surface area contributed by atoms with Crippen LogP contribution in [0.1, 0.15) is 47.5 Å². The first-order valence-corrected chi connectivity index (χ1v) is 5.05. The van der Waals surface area contributed by atoms with Gasteiger partial charge in [0.15, 0.2) is 0 Å². The van der Waals surface area contributed by atoms with Crippen molar-refractivity contribution in [2.75, 3.05) is 0 Å². The van der Waals surface area contributed by atoms with Crippen LogP contribution in [0.15, 0.2) is 0 Å². The first kappa shape index (κ1) is 10.0. The number of hydrogen-bond donors (Lipinski definition) is 0. The molecule has 0 aromatic heterocycles. The molecular weight excluding hydrogens is 148 g/mol. The molecule has 2 atom stereocenters. The van der Waals surface area contributed by atoms with Gasteiger partial charge in [0.25, 0.3) is 0 Å². The van der Waals surface area contributed by atoms with Crippen LogP contribution in [0, 0.1) is 11.3 Å². The fourth-order valence-electron chi connectivity index (χ4n) is 2.11. The molecule has 12 heavy (non-hydrogen) atoms. The third-order valence-electron chi connectivity index (χ3n) is 2.92. The molecule has 0 spiro atoms. The highest BCUT2D eigenvalue weighted by atomic mass is 16.5. The minimum Gasteiger partial charge on any atom is -0.376 e. The molecule has 1 nitrogen and oxygen atoms in total. The molecule has 1 aliphatic heterocycles.